The monoisotopic (exact) mass is 473 g/mol. The Labute approximate surface area is 203 Å². The number of fused-ring (bicyclic) bond motifs is 2. The second-order valence-electron chi connectivity index (χ2n) is 9.03. The maximum atomic E-state index is 13.4. The van der Waals surface area contributed by atoms with Crippen molar-refractivity contribution >= 4 is 22.6 Å². The van der Waals surface area contributed by atoms with Gasteiger partial charge in [-0.1, -0.05) is 36.4 Å². The third-order valence-corrected chi connectivity index (χ3v) is 5.92. The predicted molar refractivity (Wildman–Crippen MR) is 136 cm³/mol. The maximum absolute atomic E-state index is 13.4. The zero-order chi connectivity index (χ0) is 25.1. The minimum Gasteiger partial charge on any atom is -0.379 e. The van der Waals surface area contributed by atoms with Crippen molar-refractivity contribution in [3.63, 3.8) is 0 Å². The fourth-order valence-corrected chi connectivity index (χ4v) is 4.07. The van der Waals surface area contributed by atoms with Crippen molar-refractivity contribution in [1.82, 2.24) is 19.3 Å². The molecule has 1 unspecified atom stereocenters. The molecule has 2 N–H and O–H groups in total. The number of hydrogen-bond acceptors (Lipinski definition) is 5. The SMILES string of the molecule is Cc1ccc2nc3c(cc(C(=O)NC(C)c4ccccc4)c(=N)n3CCCOC(C)C)c(=O)n2c1. The van der Waals surface area contributed by atoms with Crippen LogP contribution in [0.25, 0.3) is 16.7 Å². The molecule has 4 aromatic rings. The molecule has 35 heavy (non-hydrogen) atoms. The van der Waals surface area contributed by atoms with Gasteiger partial charge in [0.2, 0.25) is 0 Å². The second kappa shape index (κ2) is 10.2. The first-order chi connectivity index (χ1) is 16.8. The lowest BCUT2D eigenvalue weighted by Gasteiger charge is -2.17. The smallest absolute Gasteiger partial charge is 0.267 e. The highest BCUT2D eigenvalue weighted by Crippen LogP contribution is 2.15. The minimum absolute atomic E-state index is 0.0168. The number of nitrogens with one attached hydrogen (secondary N) is 2. The van der Waals surface area contributed by atoms with Crippen LogP contribution in [0.3, 0.4) is 0 Å². The molecule has 0 radical (unpaired) electrons. The molecule has 8 heteroatoms. The molecule has 0 bridgehead atoms. The molecule has 0 aliphatic rings. The standard InChI is InChI=1S/C27H31N5O3/c1-17(2)35-14-8-13-31-24(28)21(26(33)29-19(4)20-9-6-5-7-10-20)15-22-25(31)30-23-12-11-18(3)16-32(23)27(22)34/h5-7,9-12,15-17,19,28H,8,13-14H2,1-4H3,(H,29,33). The Morgan fingerprint density at radius 2 is 1.89 bits per heavy atom. The number of ether oxygens (including phenoxy) is 1. The number of hydrogen-bond donors (Lipinski definition) is 2. The van der Waals surface area contributed by atoms with Gasteiger partial charge in [0, 0.05) is 19.3 Å². The largest absolute Gasteiger partial charge is 0.379 e. The number of pyridine rings is 2. The van der Waals surface area contributed by atoms with E-state index in [0.29, 0.717) is 36.3 Å². The molecule has 0 aliphatic heterocycles. The van der Waals surface area contributed by atoms with Crippen LogP contribution >= 0.6 is 0 Å². The Morgan fingerprint density at radius 3 is 2.60 bits per heavy atom. The van der Waals surface area contributed by atoms with E-state index in [1.807, 2.05) is 64.1 Å². The van der Waals surface area contributed by atoms with Gasteiger partial charge in [0.15, 0.2) is 0 Å². The summed E-state index contributed by atoms with van der Waals surface area (Å²) in [4.78, 5) is 31.4. The number of aryl methyl sites for hydroxylation is 2. The number of carbonyl (C=O) groups excluding carboxylic acids is 1. The van der Waals surface area contributed by atoms with E-state index in [-0.39, 0.29) is 28.8 Å². The Bertz CT molecular complexity index is 1490. The van der Waals surface area contributed by atoms with E-state index in [1.165, 1.54) is 10.5 Å². The summed E-state index contributed by atoms with van der Waals surface area (Å²) < 4.78 is 8.79. The summed E-state index contributed by atoms with van der Waals surface area (Å²) in [6.07, 6.45) is 2.44. The molecule has 3 heterocycles. The molecule has 1 amide bonds. The fraction of sp³-hybridized carbons (Fsp3) is 0.333. The first kappa shape index (κ1) is 24.3. The summed E-state index contributed by atoms with van der Waals surface area (Å²) in [5.74, 6) is -0.408. The quantitative estimate of drug-likeness (QED) is 0.301. The van der Waals surface area contributed by atoms with Gasteiger partial charge in [-0.25, -0.2) is 4.98 Å². The average Bonchev–Trinajstić information content (AvgIpc) is 2.83. The van der Waals surface area contributed by atoms with Crippen molar-refractivity contribution in [2.45, 2.75) is 52.8 Å². The first-order valence-electron chi connectivity index (χ1n) is 11.8. The van der Waals surface area contributed by atoms with Crippen molar-refractivity contribution < 1.29 is 9.53 Å². The topological polar surface area (TPSA) is 101 Å². The predicted octanol–water partition coefficient (Wildman–Crippen LogP) is 3.74. The van der Waals surface area contributed by atoms with Crippen molar-refractivity contribution in [2.75, 3.05) is 6.61 Å². The number of amides is 1. The number of carbonyl (C=O) groups is 1. The van der Waals surface area contributed by atoms with Gasteiger partial charge in [-0.05, 0) is 57.4 Å². The van der Waals surface area contributed by atoms with Crippen molar-refractivity contribution in [1.29, 1.82) is 5.41 Å². The van der Waals surface area contributed by atoms with Crippen molar-refractivity contribution in [2.24, 2.45) is 0 Å². The van der Waals surface area contributed by atoms with Gasteiger partial charge >= 0.3 is 0 Å². The zero-order valence-electron chi connectivity index (χ0n) is 20.5. The minimum atomic E-state index is -0.408. The van der Waals surface area contributed by atoms with Gasteiger partial charge in [-0.2, -0.15) is 0 Å². The van der Waals surface area contributed by atoms with Gasteiger partial charge in [0.1, 0.15) is 16.8 Å². The van der Waals surface area contributed by atoms with Crippen LogP contribution < -0.4 is 16.4 Å². The zero-order valence-corrected chi connectivity index (χ0v) is 20.5. The molecule has 8 nitrogen and oxygen atoms in total. The Morgan fingerprint density at radius 1 is 1.14 bits per heavy atom. The van der Waals surface area contributed by atoms with Crippen LogP contribution in [-0.2, 0) is 11.3 Å². The molecule has 0 spiro atoms. The Hall–Kier alpha value is -3.78. The molecule has 3 aromatic heterocycles. The second-order valence-corrected chi connectivity index (χ2v) is 9.03. The average molecular weight is 474 g/mol. The molecule has 0 saturated heterocycles. The lowest BCUT2D eigenvalue weighted by atomic mass is 10.1. The molecular weight excluding hydrogens is 442 g/mol. The molecular formula is C27H31N5O3. The normalized spacial score (nSPS) is 12.4. The first-order valence-corrected chi connectivity index (χ1v) is 11.8. The van der Waals surface area contributed by atoms with E-state index in [0.717, 1.165) is 11.1 Å². The van der Waals surface area contributed by atoms with Crippen LogP contribution in [0.2, 0.25) is 0 Å². The van der Waals surface area contributed by atoms with E-state index in [9.17, 15) is 9.59 Å². The highest BCUT2D eigenvalue weighted by molar-refractivity contribution is 5.97. The van der Waals surface area contributed by atoms with Crippen LogP contribution in [0.5, 0.6) is 0 Å². The lowest BCUT2D eigenvalue weighted by Crippen LogP contribution is -2.36. The lowest BCUT2D eigenvalue weighted by molar-refractivity contribution is 0.0748. The summed E-state index contributed by atoms with van der Waals surface area (Å²) in [5, 5.41) is 12.1. The van der Waals surface area contributed by atoms with Gasteiger partial charge in [-0.3, -0.25) is 19.4 Å². The van der Waals surface area contributed by atoms with Crippen molar-refractivity contribution in [3.05, 3.63) is 87.3 Å². The molecule has 4 rings (SSSR count). The highest BCUT2D eigenvalue weighted by Gasteiger charge is 2.19. The fourth-order valence-electron chi connectivity index (χ4n) is 4.07. The molecule has 0 fully saturated rings. The van der Waals surface area contributed by atoms with E-state index in [2.05, 4.69) is 5.32 Å². The van der Waals surface area contributed by atoms with Gasteiger partial charge in [0.25, 0.3) is 11.5 Å². The molecule has 1 aromatic carbocycles. The van der Waals surface area contributed by atoms with E-state index in [4.69, 9.17) is 15.1 Å². The number of nitrogens with zero attached hydrogens (tertiary/aromatic N) is 3. The maximum Gasteiger partial charge on any atom is 0.267 e. The Kier molecular flexibility index (Phi) is 7.12. The van der Waals surface area contributed by atoms with E-state index in [1.54, 1.807) is 16.8 Å². The van der Waals surface area contributed by atoms with Crippen LogP contribution in [0, 0.1) is 12.3 Å². The van der Waals surface area contributed by atoms with Crippen LogP contribution in [0.1, 0.15) is 54.7 Å². The third-order valence-electron chi connectivity index (χ3n) is 5.92. The number of rotatable bonds is 8. The van der Waals surface area contributed by atoms with Crippen LogP contribution in [0.15, 0.2) is 59.5 Å². The summed E-state index contributed by atoms with van der Waals surface area (Å²) in [7, 11) is 0. The molecule has 0 saturated carbocycles. The van der Waals surface area contributed by atoms with Gasteiger partial charge in [0.05, 0.1) is 23.1 Å². The summed E-state index contributed by atoms with van der Waals surface area (Å²) >= 11 is 0. The Balaban J connectivity index is 1.82. The molecule has 182 valence electrons. The van der Waals surface area contributed by atoms with Gasteiger partial charge in [-0.15, -0.1) is 0 Å². The molecule has 1 atom stereocenters. The molecule has 0 aliphatic carbocycles. The number of benzene rings is 1. The van der Waals surface area contributed by atoms with Gasteiger partial charge < -0.3 is 14.6 Å². The van der Waals surface area contributed by atoms with E-state index < -0.39 is 5.91 Å². The highest BCUT2D eigenvalue weighted by atomic mass is 16.5. The summed E-state index contributed by atoms with van der Waals surface area (Å²) in [6.45, 7) is 8.62. The van der Waals surface area contributed by atoms with E-state index >= 15 is 0 Å². The third kappa shape index (κ3) is 5.17. The van der Waals surface area contributed by atoms with Crippen molar-refractivity contribution in [3.8, 4) is 0 Å². The summed E-state index contributed by atoms with van der Waals surface area (Å²) in [6, 6.07) is 14.5. The summed E-state index contributed by atoms with van der Waals surface area (Å²) in [5.41, 5.74) is 2.64. The number of aromatic nitrogens is 3. The van der Waals surface area contributed by atoms with Crippen LogP contribution in [0.4, 0.5) is 0 Å². The van der Waals surface area contributed by atoms with Crippen LogP contribution in [-0.4, -0.2) is 32.6 Å².